The van der Waals surface area contributed by atoms with Crippen LogP contribution in [0.4, 0.5) is 0 Å². The van der Waals surface area contributed by atoms with Crippen LogP contribution in [0.3, 0.4) is 0 Å². The summed E-state index contributed by atoms with van der Waals surface area (Å²) in [6.07, 6.45) is 1.94. The van der Waals surface area contributed by atoms with Crippen LogP contribution in [-0.2, 0) is 27.1 Å². The third kappa shape index (κ3) is 7.50. The minimum absolute atomic E-state index is 0.00313. The average Bonchev–Trinajstić information content (AvgIpc) is 3.44. The van der Waals surface area contributed by atoms with Crippen molar-refractivity contribution in [1.29, 1.82) is 0 Å². The van der Waals surface area contributed by atoms with Crippen LogP contribution in [0.15, 0.2) is 91.1 Å². The first-order valence-corrected chi connectivity index (χ1v) is 19.5. The molecule has 0 bridgehead atoms. The fraction of sp³-hybridized carbons (Fsp3) is 0.400. The molecule has 0 saturated heterocycles. The Morgan fingerprint density at radius 3 is 1.61 bits per heavy atom. The van der Waals surface area contributed by atoms with Gasteiger partial charge in [-0.25, -0.2) is 4.98 Å². The van der Waals surface area contributed by atoms with E-state index >= 15 is 0 Å². The lowest BCUT2D eigenvalue weighted by Crippen LogP contribution is -2.22. The molecule has 4 heteroatoms. The van der Waals surface area contributed by atoms with Crippen molar-refractivity contribution in [2.75, 3.05) is 0 Å². The Bertz CT molecular complexity index is 2320. The highest BCUT2D eigenvalue weighted by Crippen LogP contribution is 2.45. The number of hydrogen-bond donors (Lipinski definition) is 1. The number of nitrogens with zero attached hydrogens (tertiary/aromatic N) is 3. The van der Waals surface area contributed by atoms with Crippen molar-refractivity contribution in [2.45, 2.75) is 131 Å². The standard InChI is InChI=1S/C50H61N3O/c1-46(2,3)33-23-24-51-40(29-33)32-25-31(26-34(27-32)47(4,5)6)37-28-35(48(7,8)9)30-41-43(37)52-45(36-19-16-17-22-42(36)54)53(41)44-38(49(10,11)12)20-18-21-39(44)50(13,14)15/h16-30,54H,1-15H3. The van der Waals surface area contributed by atoms with Crippen LogP contribution in [0, 0.1) is 0 Å². The number of rotatable bonds is 4. The lowest BCUT2D eigenvalue weighted by molar-refractivity contribution is 0.477. The molecule has 0 amide bonds. The van der Waals surface area contributed by atoms with E-state index in [1.165, 1.54) is 27.8 Å². The Kier molecular flexibility index (Phi) is 9.57. The summed E-state index contributed by atoms with van der Waals surface area (Å²) in [4.78, 5) is 10.5. The Morgan fingerprint density at radius 2 is 1.06 bits per heavy atom. The maximum atomic E-state index is 11.5. The number of phenols is 1. The van der Waals surface area contributed by atoms with Crippen LogP contribution in [0.1, 0.15) is 132 Å². The van der Waals surface area contributed by atoms with E-state index in [9.17, 15) is 5.11 Å². The van der Waals surface area contributed by atoms with Gasteiger partial charge in [-0.3, -0.25) is 9.55 Å². The topological polar surface area (TPSA) is 50.9 Å². The Morgan fingerprint density at radius 1 is 0.500 bits per heavy atom. The largest absolute Gasteiger partial charge is 0.507 e. The summed E-state index contributed by atoms with van der Waals surface area (Å²) in [5.41, 5.74) is 13.5. The van der Waals surface area contributed by atoms with Gasteiger partial charge in [0.05, 0.1) is 28.0 Å². The van der Waals surface area contributed by atoms with E-state index in [4.69, 9.17) is 9.97 Å². The van der Waals surface area contributed by atoms with Crippen LogP contribution in [0.5, 0.6) is 5.75 Å². The van der Waals surface area contributed by atoms with Crippen molar-refractivity contribution in [3.05, 3.63) is 119 Å². The number of pyridine rings is 1. The van der Waals surface area contributed by atoms with Crippen molar-refractivity contribution >= 4 is 11.0 Å². The molecule has 6 rings (SSSR count). The van der Waals surface area contributed by atoms with Crippen LogP contribution >= 0.6 is 0 Å². The van der Waals surface area contributed by atoms with E-state index in [2.05, 4.69) is 169 Å². The molecule has 0 aliphatic rings. The molecule has 6 aromatic rings. The normalized spacial score (nSPS) is 13.2. The second-order valence-corrected chi connectivity index (χ2v) is 20.4. The maximum absolute atomic E-state index is 11.5. The van der Waals surface area contributed by atoms with Crippen LogP contribution in [-0.4, -0.2) is 19.6 Å². The van der Waals surface area contributed by atoms with Gasteiger partial charge in [0.25, 0.3) is 0 Å². The molecule has 4 nitrogen and oxygen atoms in total. The monoisotopic (exact) mass is 719 g/mol. The van der Waals surface area contributed by atoms with Crippen molar-refractivity contribution in [2.24, 2.45) is 0 Å². The average molecular weight is 720 g/mol. The molecular weight excluding hydrogens is 659 g/mol. The van der Waals surface area contributed by atoms with Gasteiger partial charge in [-0.05, 0) is 109 Å². The van der Waals surface area contributed by atoms with Gasteiger partial charge in [0.1, 0.15) is 11.6 Å². The molecule has 4 aromatic carbocycles. The molecule has 2 aromatic heterocycles. The summed E-state index contributed by atoms with van der Waals surface area (Å²) in [5.74, 6) is 0.934. The second kappa shape index (κ2) is 13.3. The molecule has 1 N–H and O–H groups in total. The zero-order valence-electron chi connectivity index (χ0n) is 35.4. The van der Waals surface area contributed by atoms with Crippen LogP contribution in [0.2, 0.25) is 0 Å². The van der Waals surface area contributed by atoms with E-state index < -0.39 is 0 Å². The van der Waals surface area contributed by atoms with Crippen molar-refractivity contribution in [1.82, 2.24) is 14.5 Å². The third-order valence-corrected chi connectivity index (χ3v) is 10.7. The number of fused-ring (bicyclic) bond motifs is 1. The predicted molar refractivity (Wildman–Crippen MR) is 230 cm³/mol. The van der Waals surface area contributed by atoms with Gasteiger partial charge >= 0.3 is 0 Å². The molecule has 0 aliphatic carbocycles. The molecule has 0 radical (unpaired) electrons. The minimum atomic E-state index is -0.168. The van der Waals surface area contributed by atoms with E-state index in [1.807, 2.05) is 24.4 Å². The number of aromatic nitrogens is 3. The van der Waals surface area contributed by atoms with Gasteiger partial charge in [0, 0.05) is 17.3 Å². The van der Waals surface area contributed by atoms with Gasteiger partial charge in [0.2, 0.25) is 0 Å². The zero-order valence-corrected chi connectivity index (χ0v) is 35.4. The van der Waals surface area contributed by atoms with E-state index in [0.717, 1.165) is 44.9 Å². The molecule has 0 atom stereocenters. The summed E-state index contributed by atoms with van der Waals surface area (Å²) in [7, 11) is 0. The SMILES string of the molecule is CC(C)(C)c1cc(-c2cc(C(C)(C)C)ccn2)cc(-c2cc(C(C)(C)C)cc3c2nc(-c2ccccc2O)n3-c2c(C(C)(C)C)cccc2C(C)(C)C)c1. The quantitative estimate of drug-likeness (QED) is 0.197. The number of aromatic hydroxyl groups is 1. The molecule has 0 fully saturated rings. The van der Waals surface area contributed by atoms with Gasteiger partial charge in [-0.1, -0.05) is 140 Å². The van der Waals surface area contributed by atoms with E-state index in [0.29, 0.717) is 5.56 Å². The van der Waals surface area contributed by atoms with E-state index in [-0.39, 0.29) is 32.8 Å². The molecular formula is C50H61N3O. The maximum Gasteiger partial charge on any atom is 0.149 e. The first-order chi connectivity index (χ1) is 24.9. The van der Waals surface area contributed by atoms with Gasteiger partial charge in [0.15, 0.2) is 0 Å². The van der Waals surface area contributed by atoms with Gasteiger partial charge in [-0.15, -0.1) is 0 Å². The Balaban J connectivity index is 1.82. The second-order valence-electron chi connectivity index (χ2n) is 20.4. The predicted octanol–water partition coefficient (Wildman–Crippen LogP) is 13.6. The number of imidazole rings is 1. The first-order valence-electron chi connectivity index (χ1n) is 19.5. The molecule has 2 heterocycles. The van der Waals surface area contributed by atoms with Gasteiger partial charge in [-0.2, -0.15) is 0 Å². The van der Waals surface area contributed by atoms with E-state index in [1.54, 1.807) is 6.07 Å². The molecule has 0 unspecified atom stereocenters. The molecule has 282 valence electrons. The van der Waals surface area contributed by atoms with Crippen molar-refractivity contribution < 1.29 is 5.11 Å². The fourth-order valence-electron chi connectivity index (χ4n) is 7.31. The van der Waals surface area contributed by atoms with Crippen molar-refractivity contribution in [3.63, 3.8) is 0 Å². The summed E-state index contributed by atoms with van der Waals surface area (Å²) in [6.45, 7) is 34.1. The fourth-order valence-corrected chi connectivity index (χ4v) is 7.31. The first kappa shape index (κ1) is 39.0. The van der Waals surface area contributed by atoms with Gasteiger partial charge < -0.3 is 5.11 Å². The summed E-state index contributed by atoms with van der Waals surface area (Å²) in [6, 6.07) is 30.3. The number of hydrogen-bond acceptors (Lipinski definition) is 3. The highest BCUT2D eigenvalue weighted by atomic mass is 16.3. The van der Waals surface area contributed by atoms with Crippen molar-refractivity contribution in [3.8, 4) is 45.2 Å². The molecule has 0 saturated carbocycles. The third-order valence-electron chi connectivity index (χ3n) is 10.7. The van der Waals surface area contributed by atoms with Crippen LogP contribution < -0.4 is 0 Å². The number of benzene rings is 4. The summed E-state index contributed by atoms with van der Waals surface area (Å²) >= 11 is 0. The zero-order chi connectivity index (χ0) is 39.8. The highest BCUT2D eigenvalue weighted by molar-refractivity contribution is 5.98. The summed E-state index contributed by atoms with van der Waals surface area (Å²) < 4.78 is 2.35. The highest BCUT2D eigenvalue weighted by Gasteiger charge is 2.32. The molecule has 54 heavy (non-hydrogen) atoms. The lowest BCUT2D eigenvalue weighted by atomic mass is 9.78. The smallest absolute Gasteiger partial charge is 0.149 e. The number of para-hydroxylation sites is 2. The Labute approximate surface area is 324 Å². The lowest BCUT2D eigenvalue weighted by Gasteiger charge is -2.31. The Hall–Kier alpha value is -4.70. The minimum Gasteiger partial charge on any atom is -0.507 e. The summed E-state index contributed by atoms with van der Waals surface area (Å²) in [5, 5.41) is 11.5. The molecule has 0 spiro atoms. The van der Waals surface area contributed by atoms with Crippen LogP contribution in [0.25, 0.3) is 50.5 Å². The molecule has 0 aliphatic heterocycles. The number of phenolic OH excluding ortho intramolecular Hbond substituents is 1.